The van der Waals surface area contributed by atoms with E-state index < -0.39 is 20.0 Å². The first-order chi connectivity index (χ1) is 11.2. The van der Waals surface area contributed by atoms with Crippen LogP contribution in [0.1, 0.15) is 18.4 Å². The zero-order chi connectivity index (χ0) is 18.2. The first kappa shape index (κ1) is 21.0. The monoisotopic (exact) mass is 378 g/mol. The van der Waals surface area contributed by atoms with Gasteiger partial charge < -0.3 is 4.74 Å². The number of nitrogens with one attached hydrogen (secondary N) is 1. The lowest BCUT2D eigenvalue weighted by atomic mass is 10.2. The number of unbranched alkanes of at least 4 members (excludes halogenated alkanes) is 1. The van der Waals surface area contributed by atoms with Crippen molar-refractivity contribution in [3.8, 4) is 0 Å². The SMILES string of the molecule is COCCCCNS(=O)(=O)CCc1ccc(S(=O)(=O)N(C)C)cc1. The van der Waals surface area contributed by atoms with E-state index in [0.717, 1.165) is 22.7 Å². The summed E-state index contributed by atoms with van der Waals surface area (Å²) < 4.78 is 56.3. The van der Waals surface area contributed by atoms with Crippen LogP contribution >= 0.6 is 0 Å². The summed E-state index contributed by atoms with van der Waals surface area (Å²) in [6.45, 7) is 1.01. The molecule has 138 valence electrons. The van der Waals surface area contributed by atoms with Crippen LogP contribution in [0.15, 0.2) is 29.2 Å². The van der Waals surface area contributed by atoms with E-state index in [1.165, 1.54) is 26.2 Å². The zero-order valence-corrected chi connectivity index (χ0v) is 16.0. The van der Waals surface area contributed by atoms with Gasteiger partial charge in [-0.25, -0.2) is 25.9 Å². The number of aryl methyl sites for hydroxylation is 1. The van der Waals surface area contributed by atoms with Crippen molar-refractivity contribution in [3.05, 3.63) is 29.8 Å². The van der Waals surface area contributed by atoms with Crippen LogP contribution in [0.25, 0.3) is 0 Å². The number of ether oxygens (including phenoxy) is 1. The molecule has 0 aliphatic heterocycles. The average Bonchev–Trinajstić information content (AvgIpc) is 2.53. The van der Waals surface area contributed by atoms with Gasteiger partial charge in [0.1, 0.15) is 0 Å². The minimum atomic E-state index is -3.46. The molecular formula is C15H26N2O5S2. The molecule has 0 aliphatic rings. The highest BCUT2D eigenvalue weighted by molar-refractivity contribution is 7.89. The molecule has 0 bridgehead atoms. The van der Waals surface area contributed by atoms with E-state index in [9.17, 15) is 16.8 Å². The van der Waals surface area contributed by atoms with Gasteiger partial charge in [-0.15, -0.1) is 0 Å². The lowest BCUT2D eigenvalue weighted by molar-refractivity contribution is 0.193. The third-order valence-electron chi connectivity index (χ3n) is 3.46. The van der Waals surface area contributed by atoms with Crippen molar-refractivity contribution in [1.29, 1.82) is 0 Å². The number of methoxy groups -OCH3 is 1. The number of hydrogen-bond acceptors (Lipinski definition) is 5. The largest absolute Gasteiger partial charge is 0.385 e. The molecule has 24 heavy (non-hydrogen) atoms. The molecule has 0 amide bonds. The molecule has 0 heterocycles. The molecule has 0 radical (unpaired) electrons. The second kappa shape index (κ2) is 9.47. The molecule has 0 fully saturated rings. The topological polar surface area (TPSA) is 92.8 Å². The van der Waals surface area contributed by atoms with E-state index in [-0.39, 0.29) is 10.6 Å². The van der Waals surface area contributed by atoms with Crippen LogP contribution in [-0.2, 0) is 31.2 Å². The summed E-state index contributed by atoms with van der Waals surface area (Å²) in [5.41, 5.74) is 0.775. The smallest absolute Gasteiger partial charge is 0.242 e. The third-order valence-corrected chi connectivity index (χ3v) is 6.67. The Kier molecular flexibility index (Phi) is 8.31. The summed E-state index contributed by atoms with van der Waals surface area (Å²) >= 11 is 0. The van der Waals surface area contributed by atoms with Gasteiger partial charge in [0.15, 0.2) is 0 Å². The Bertz CT molecular complexity index is 698. The Hall–Kier alpha value is -1.00. The zero-order valence-electron chi connectivity index (χ0n) is 14.4. The van der Waals surface area contributed by atoms with E-state index in [1.807, 2.05) is 0 Å². The number of sulfonamides is 2. The fraction of sp³-hybridized carbons (Fsp3) is 0.600. The molecule has 1 N–H and O–H groups in total. The molecule has 0 saturated carbocycles. The van der Waals surface area contributed by atoms with Gasteiger partial charge in [-0.1, -0.05) is 12.1 Å². The van der Waals surface area contributed by atoms with Crippen LogP contribution in [-0.4, -0.2) is 61.3 Å². The van der Waals surface area contributed by atoms with Crippen molar-refractivity contribution in [2.24, 2.45) is 0 Å². The molecule has 0 aliphatic carbocycles. The summed E-state index contributed by atoms with van der Waals surface area (Å²) in [7, 11) is -2.26. The normalized spacial score (nSPS) is 12.7. The molecule has 7 nitrogen and oxygen atoms in total. The predicted octanol–water partition coefficient (Wildman–Crippen LogP) is 0.825. The average molecular weight is 379 g/mol. The molecule has 0 unspecified atom stereocenters. The van der Waals surface area contributed by atoms with Gasteiger partial charge in [-0.3, -0.25) is 0 Å². The number of rotatable bonds is 11. The summed E-state index contributed by atoms with van der Waals surface area (Å²) in [6, 6.07) is 6.28. The molecule has 1 rings (SSSR count). The number of nitrogens with zero attached hydrogens (tertiary/aromatic N) is 1. The van der Waals surface area contributed by atoms with Crippen LogP contribution in [0.4, 0.5) is 0 Å². The van der Waals surface area contributed by atoms with Crippen molar-refractivity contribution >= 4 is 20.0 Å². The Morgan fingerprint density at radius 3 is 2.21 bits per heavy atom. The van der Waals surface area contributed by atoms with Gasteiger partial charge in [0.25, 0.3) is 0 Å². The maximum Gasteiger partial charge on any atom is 0.242 e. The van der Waals surface area contributed by atoms with Gasteiger partial charge in [0.05, 0.1) is 10.6 Å². The fourth-order valence-corrected chi connectivity index (χ4v) is 3.97. The summed E-state index contributed by atoms with van der Waals surface area (Å²) in [5.74, 6) is -0.0307. The van der Waals surface area contributed by atoms with Crippen molar-refractivity contribution < 1.29 is 21.6 Å². The second-order valence-corrected chi connectivity index (χ2v) is 9.67. The maximum atomic E-state index is 12.0. The van der Waals surface area contributed by atoms with Gasteiger partial charge in [0, 0.05) is 34.4 Å². The van der Waals surface area contributed by atoms with Crippen LogP contribution in [0.2, 0.25) is 0 Å². The maximum absolute atomic E-state index is 12.0. The van der Waals surface area contributed by atoms with E-state index in [0.29, 0.717) is 19.6 Å². The Labute approximate surface area is 145 Å². The van der Waals surface area contributed by atoms with Gasteiger partial charge in [-0.05, 0) is 37.0 Å². The van der Waals surface area contributed by atoms with Gasteiger partial charge in [0.2, 0.25) is 20.0 Å². The van der Waals surface area contributed by atoms with Crippen LogP contribution in [0.5, 0.6) is 0 Å². The molecule has 0 spiro atoms. The molecule has 0 atom stereocenters. The van der Waals surface area contributed by atoms with Crippen LogP contribution < -0.4 is 4.72 Å². The standard InChI is InChI=1S/C15H26N2O5S2/c1-17(2)24(20,21)15-8-6-14(7-9-15)10-13-23(18,19)16-11-4-5-12-22-3/h6-9,16H,4-5,10-13H2,1-3H3. The molecule has 1 aromatic rings. The number of hydrogen-bond donors (Lipinski definition) is 1. The summed E-state index contributed by atoms with van der Waals surface area (Å²) in [6.07, 6.45) is 1.86. The second-order valence-electron chi connectivity index (χ2n) is 5.59. The minimum Gasteiger partial charge on any atom is -0.385 e. The molecule has 1 aromatic carbocycles. The van der Waals surface area contributed by atoms with Crippen molar-refractivity contribution in [3.63, 3.8) is 0 Å². The predicted molar refractivity (Wildman–Crippen MR) is 93.9 cm³/mol. The Morgan fingerprint density at radius 1 is 1.04 bits per heavy atom. The van der Waals surface area contributed by atoms with E-state index >= 15 is 0 Å². The highest BCUT2D eigenvalue weighted by Gasteiger charge is 2.17. The lowest BCUT2D eigenvalue weighted by Crippen LogP contribution is -2.28. The third kappa shape index (κ3) is 6.86. The summed E-state index contributed by atoms with van der Waals surface area (Å²) in [4.78, 5) is 0.190. The molecular weight excluding hydrogens is 352 g/mol. The van der Waals surface area contributed by atoms with Gasteiger partial charge >= 0.3 is 0 Å². The van der Waals surface area contributed by atoms with Crippen molar-refractivity contribution in [1.82, 2.24) is 9.03 Å². The van der Waals surface area contributed by atoms with Crippen LogP contribution in [0.3, 0.4) is 0 Å². The highest BCUT2D eigenvalue weighted by Crippen LogP contribution is 2.14. The summed E-state index contributed by atoms with van der Waals surface area (Å²) in [5, 5.41) is 0. The first-order valence-corrected chi connectivity index (χ1v) is 10.8. The Balaban J connectivity index is 2.53. The lowest BCUT2D eigenvalue weighted by Gasteiger charge is -2.11. The Morgan fingerprint density at radius 2 is 1.67 bits per heavy atom. The van der Waals surface area contributed by atoms with E-state index in [4.69, 9.17) is 4.74 Å². The van der Waals surface area contributed by atoms with Crippen LogP contribution in [0, 0.1) is 0 Å². The van der Waals surface area contributed by atoms with Crippen molar-refractivity contribution in [2.75, 3.05) is 40.1 Å². The van der Waals surface area contributed by atoms with E-state index in [2.05, 4.69) is 4.72 Å². The molecule has 0 aromatic heterocycles. The first-order valence-electron chi connectivity index (χ1n) is 7.67. The number of benzene rings is 1. The minimum absolute atomic E-state index is 0.0307. The van der Waals surface area contributed by atoms with Crippen molar-refractivity contribution in [2.45, 2.75) is 24.2 Å². The fourth-order valence-electron chi connectivity index (χ4n) is 1.96. The molecule has 0 saturated heterocycles. The highest BCUT2D eigenvalue weighted by atomic mass is 32.2. The molecule has 9 heteroatoms. The van der Waals surface area contributed by atoms with Gasteiger partial charge in [-0.2, -0.15) is 0 Å². The van der Waals surface area contributed by atoms with E-state index in [1.54, 1.807) is 19.2 Å². The quantitative estimate of drug-likeness (QED) is 0.576.